The Bertz CT molecular complexity index is 1040. The quantitative estimate of drug-likeness (QED) is 0.298. The van der Waals surface area contributed by atoms with E-state index in [4.69, 9.17) is 0 Å². The zero-order chi connectivity index (χ0) is 21.3. The van der Waals surface area contributed by atoms with Gasteiger partial charge < -0.3 is 0 Å². The van der Waals surface area contributed by atoms with E-state index in [1.165, 1.54) is 50.6 Å². The summed E-state index contributed by atoms with van der Waals surface area (Å²) in [6.07, 6.45) is 10.4. The van der Waals surface area contributed by atoms with E-state index in [1.54, 1.807) is 16.7 Å². The number of allylic oxidation sites excluding steroid dienone is 1. The molecule has 5 rings (SSSR count). The van der Waals surface area contributed by atoms with E-state index in [9.17, 15) is 0 Å². The number of fused-ring (bicyclic) bond motifs is 4. The number of benzene rings is 3. The Morgan fingerprint density at radius 3 is 1.74 bits per heavy atom. The molecule has 2 aliphatic carbocycles. The molecular weight excluding hydrogens is 452 g/mol. The normalized spacial score (nSPS) is 16.9. The fraction of sp³-hybridized carbons (Fsp3) is 0.333. The van der Waals surface area contributed by atoms with Crippen LogP contribution in [0.1, 0.15) is 69.0 Å². The van der Waals surface area contributed by atoms with Crippen LogP contribution in [-0.4, -0.2) is 0 Å². The van der Waals surface area contributed by atoms with Crippen molar-refractivity contribution in [3.05, 3.63) is 101 Å². The summed E-state index contributed by atoms with van der Waals surface area (Å²) in [4.78, 5) is 0. The molecule has 0 bridgehead atoms. The number of hydrogen-bond acceptors (Lipinski definition) is 0. The van der Waals surface area contributed by atoms with Gasteiger partial charge in [0.1, 0.15) is 0 Å². The molecular formula is C30H34Zr. The Hall–Kier alpha value is -1.72. The van der Waals surface area contributed by atoms with E-state index in [0.29, 0.717) is 7.25 Å². The van der Waals surface area contributed by atoms with Gasteiger partial charge in [-0.15, -0.1) is 0 Å². The summed E-state index contributed by atoms with van der Waals surface area (Å²) >= 11 is -2.85. The van der Waals surface area contributed by atoms with E-state index in [-0.39, 0.29) is 0 Å². The van der Waals surface area contributed by atoms with Crippen molar-refractivity contribution >= 4 is 6.08 Å². The standard InChI is InChI=1S/C13H9.C9H7.2C4H9.Zr/c1-3-7-12-10(5-1)9-11-6-2-4-8-13(11)12;1-2-5-9-7-3-6-8(9)4-1;2*1-3-4-2;/h1-9H;1-7H;2*1,3-4H2,2H3;. The second-order valence-electron chi connectivity index (χ2n) is 9.51. The van der Waals surface area contributed by atoms with Crippen molar-refractivity contribution in [3.63, 3.8) is 0 Å². The summed E-state index contributed by atoms with van der Waals surface area (Å²) < 4.78 is 4.33. The van der Waals surface area contributed by atoms with Crippen LogP contribution in [-0.2, 0) is 20.3 Å². The zero-order valence-corrected chi connectivity index (χ0v) is 21.4. The van der Waals surface area contributed by atoms with Gasteiger partial charge in [-0.05, 0) is 0 Å². The van der Waals surface area contributed by atoms with Crippen molar-refractivity contribution in [1.82, 2.24) is 0 Å². The summed E-state index contributed by atoms with van der Waals surface area (Å²) in [5.41, 5.74) is 9.40. The van der Waals surface area contributed by atoms with Crippen LogP contribution < -0.4 is 0 Å². The van der Waals surface area contributed by atoms with Crippen LogP contribution in [0.5, 0.6) is 0 Å². The predicted octanol–water partition coefficient (Wildman–Crippen LogP) is 9.12. The fourth-order valence-electron chi connectivity index (χ4n) is 6.44. The topological polar surface area (TPSA) is 0 Å². The number of hydrogen-bond donors (Lipinski definition) is 0. The first-order chi connectivity index (χ1) is 15.3. The van der Waals surface area contributed by atoms with Gasteiger partial charge in [0.25, 0.3) is 0 Å². The second kappa shape index (κ2) is 9.03. The monoisotopic (exact) mass is 484 g/mol. The molecule has 0 aliphatic heterocycles. The maximum atomic E-state index is 2.63. The molecule has 0 nitrogen and oxygen atoms in total. The zero-order valence-electron chi connectivity index (χ0n) is 19.0. The van der Waals surface area contributed by atoms with Crippen LogP contribution in [0.4, 0.5) is 0 Å². The van der Waals surface area contributed by atoms with E-state index in [2.05, 4.69) is 98.8 Å². The van der Waals surface area contributed by atoms with Crippen molar-refractivity contribution in [2.24, 2.45) is 0 Å². The van der Waals surface area contributed by atoms with Gasteiger partial charge in [-0.25, -0.2) is 0 Å². The van der Waals surface area contributed by atoms with Crippen molar-refractivity contribution in [2.45, 2.75) is 55.0 Å². The molecule has 0 saturated carbocycles. The SMILES string of the molecule is CCC[CH2][Zr]([CH2]CCC)([CH]1C=Cc2ccccc21)[CH]1c2ccccc2-c2ccccc21. The van der Waals surface area contributed by atoms with Crippen LogP contribution in [0.2, 0.25) is 8.26 Å². The van der Waals surface area contributed by atoms with Gasteiger partial charge in [0.15, 0.2) is 0 Å². The van der Waals surface area contributed by atoms with Crippen molar-refractivity contribution in [2.75, 3.05) is 0 Å². The first-order valence-corrected chi connectivity index (χ1v) is 18.6. The molecule has 0 radical (unpaired) electrons. The molecule has 31 heavy (non-hydrogen) atoms. The molecule has 1 unspecified atom stereocenters. The molecule has 2 aliphatic rings. The molecule has 3 aromatic rings. The van der Waals surface area contributed by atoms with Crippen LogP contribution in [0.15, 0.2) is 78.9 Å². The Balaban J connectivity index is 1.74. The van der Waals surface area contributed by atoms with Crippen molar-refractivity contribution < 1.29 is 20.3 Å². The molecule has 0 fully saturated rings. The summed E-state index contributed by atoms with van der Waals surface area (Å²) in [7, 11) is 0. The Morgan fingerprint density at radius 2 is 1.16 bits per heavy atom. The third-order valence-corrected chi connectivity index (χ3v) is 22.8. The third-order valence-electron chi connectivity index (χ3n) is 7.82. The molecule has 0 saturated heterocycles. The van der Waals surface area contributed by atoms with Gasteiger partial charge in [0.05, 0.1) is 0 Å². The molecule has 0 spiro atoms. The van der Waals surface area contributed by atoms with E-state index >= 15 is 0 Å². The van der Waals surface area contributed by atoms with Crippen molar-refractivity contribution in [1.29, 1.82) is 0 Å². The Morgan fingerprint density at radius 1 is 0.645 bits per heavy atom. The molecule has 0 amide bonds. The van der Waals surface area contributed by atoms with Crippen LogP contribution in [0, 0.1) is 0 Å². The van der Waals surface area contributed by atoms with Crippen LogP contribution in [0.25, 0.3) is 17.2 Å². The maximum absolute atomic E-state index is 2.85. The summed E-state index contributed by atoms with van der Waals surface area (Å²) in [6, 6.07) is 28.0. The third kappa shape index (κ3) is 3.54. The number of unbranched alkanes of at least 4 members (excludes halogenated alkanes) is 2. The van der Waals surface area contributed by atoms with E-state index in [0.717, 1.165) is 0 Å². The van der Waals surface area contributed by atoms with E-state index < -0.39 is 20.3 Å². The second-order valence-corrected chi connectivity index (χ2v) is 21.0. The number of rotatable bonds is 8. The molecule has 0 N–H and O–H groups in total. The summed E-state index contributed by atoms with van der Waals surface area (Å²) in [5.74, 6) is 0. The molecule has 3 aromatic carbocycles. The minimum atomic E-state index is -2.85. The van der Waals surface area contributed by atoms with Crippen LogP contribution in [0.3, 0.4) is 0 Å². The Kier molecular flexibility index (Phi) is 6.16. The average Bonchev–Trinajstić information content (AvgIpc) is 3.40. The minimum absolute atomic E-state index is 0.667. The summed E-state index contributed by atoms with van der Waals surface area (Å²) in [6.45, 7) is 4.76. The first-order valence-electron chi connectivity index (χ1n) is 12.3. The van der Waals surface area contributed by atoms with Crippen molar-refractivity contribution in [3.8, 4) is 11.1 Å². The van der Waals surface area contributed by atoms with Gasteiger partial charge in [-0.3, -0.25) is 0 Å². The Labute approximate surface area is 192 Å². The van der Waals surface area contributed by atoms with Gasteiger partial charge in [0, 0.05) is 0 Å². The molecule has 0 heterocycles. The summed E-state index contributed by atoms with van der Waals surface area (Å²) in [5, 5.41) is 0. The first kappa shape index (κ1) is 21.1. The molecule has 158 valence electrons. The molecule has 1 heteroatoms. The van der Waals surface area contributed by atoms with Gasteiger partial charge in [0.2, 0.25) is 0 Å². The average molecular weight is 486 g/mol. The predicted molar refractivity (Wildman–Crippen MR) is 131 cm³/mol. The molecule has 1 atom stereocenters. The van der Waals surface area contributed by atoms with Gasteiger partial charge in [-0.1, -0.05) is 0 Å². The van der Waals surface area contributed by atoms with E-state index in [1.807, 2.05) is 0 Å². The van der Waals surface area contributed by atoms with Gasteiger partial charge in [-0.2, -0.15) is 0 Å². The molecule has 0 aromatic heterocycles. The van der Waals surface area contributed by atoms with Crippen LogP contribution >= 0.6 is 0 Å². The van der Waals surface area contributed by atoms with Gasteiger partial charge >= 0.3 is 194 Å². The fourth-order valence-corrected chi connectivity index (χ4v) is 23.5.